The minimum Gasteiger partial charge on any atom is -0.438 e. The Bertz CT molecular complexity index is 1110. The van der Waals surface area contributed by atoms with Crippen molar-refractivity contribution in [1.29, 1.82) is 0 Å². The molecule has 1 unspecified atom stereocenters. The fraction of sp³-hybridized carbons (Fsp3) is 0.348. The van der Waals surface area contributed by atoms with Gasteiger partial charge in [0.05, 0.1) is 12.0 Å². The lowest BCUT2D eigenvalue weighted by Gasteiger charge is -2.23. The zero-order chi connectivity index (χ0) is 22.0. The molecule has 1 atom stereocenters. The molecule has 8 nitrogen and oxygen atoms in total. The van der Waals surface area contributed by atoms with Crippen molar-refractivity contribution in [3.8, 4) is 11.6 Å². The van der Waals surface area contributed by atoms with E-state index in [-0.39, 0.29) is 5.78 Å². The lowest BCUT2D eigenvalue weighted by atomic mass is 10.1. The van der Waals surface area contributed by atoms with Gasteiger partial charge in [0.25, 0.3) is 0 Å². The summed E-state index contributed by atoms with van der Waals surface area (Å²) < 4.78 is 7.57. The lowest BCUT2D eigenvalue weighted by Crippen LogP contribution is -2.32. The Hall–Kier alpha value is -3.39. The molecular weight excluding hydrogens is 392 g/mol. The first kappa shape index (κ1) is 20.9. The molecule has 31 heavy (non-hydrogen) atoms. The van der Waals surface area contributed by atoms with Crippen LogP contribution in [0, 0.1) is 0 Å². The molecular formula is C23H28N6O2. The van der Waals surface area contributed by atoms with Gasteiger partial charge in [0.1, 0.15) is 11.5 Å². The Kier molecular flexibility index (Phi) is 5.90. The third-order valence-electron chi connectivity index (χ3n) is 5.42. The standard InChI is InChI=1S/C23H28N6O2/c1-16(30)12-18-6-5-7-20(13-18)31-23-9-8-22-25-21(15-29(22)26-23)24-17(2)28-11-10-19(14-28)27(3)4/h5-9,13,15,19,24H,2,10-12,14H2,1,3-4H3. The van der Waals surface area contributed by atoms with Crippen LogP contribution in [-0.2, 0) is 11.2 Å². The molecule has 1 aromatic carbocycles. The fourth-order valence-electron chi connectivity index (χ4n) is 3.74. The molecule has 162 valence electrons. The normalized spacial score (nSPS) is 16.1. The number of carbonyl (C=O) groups is 1. The molecule has 0 radical (unpaired) electrons. The van der Waals surface area contributed by atoms with Gasteiger partial charge in [0.15, 0.2) is 11.5 Å². The molecule has 1 aliphatic heterocycles. The Morgan fingerprint density at radius 2 is 2.16 bits per heavy atom. The van der Waals surface area contributed by atoms with Crippen LogP contribution in [0.25, 0.3) is 5.65 Å². The average molecular weight is 421 g/mol. The van der Waals surface area contributed by atoms with Gasteiger partial charge in [-0.2, -0.15) is 0 Å². The number of likely N-dealkylation sites (tertiary alicyclic amines) is 1. The van der Waals surface area contributed by atoms with Gasteiger partial charge in [-0.1, -0.05) is 18.7 Å². The minimum absolute atomic E-state index is 0.114. The highest BCUT2D eigenvalue weighted by Crippen LogP contribution is 2.23. The molecule has 1 saturated heterocycles. The van der Waals surface area contributed by atoms with Crippen molar-refractivity contribution in [2.24, 2.45) is 0 Å². The molecule has 0 aliphatic carbocycles. The summed E-state index contributed by atoms with van der Waals surface area (Å²) in [7, 11) is 4.22. The van der Waals surface area contributed by atoms with Crippen LogP contribution >= 0.6 is 0 Å². The van der Waals surface area contributed by atoms with Crippen LogP contribution < -0.4 is 10.1 Å². The summed E-state index contributed by atoms with van der Waals surface area (Å²) in [4.78, 5) is 20.4. The summed E-state index contributed by atoms with van der Waals surface area (Å²) >= 11 is 0. The van der Waals surface area contributed by atoms with Crippen LogP contribution in [0.2, 0.25) is 0 Å². The third-order valence-corrected chi connectivity index (χ3v) is 5.42. The number of nitrogens with zero attached hydrogens (tertiary/aromatic N) is 5. The predicted octanol–water partition coefficient (Wildman–Crippen LogP) is 3.17. The molecule has 0 spiro atoms. The van der Waals surface area contributed by atoms with Gasteiger partial charge in [-0.15, -0.1) is 5.10 Å². The maximum Gasteiger partial charge on any atom is 0.237 e. The SMILES string of the molecule is C=C(Nc1cn2nc(Oc3cccc(CC(C)=O)c3)ccc2n1)N1CCC(N(C)C)C1. The first-order chi connectivity index (χ1) is 14.9. The molecule has 0 amide bonds. The molecule has 4 rings (SSSR count). The minimum atomic E-state index is 0.114. The molecule has 8 heteroatoms. The van der Waals surface area contributed by atoms with Crippen LogP contribution in [-0.4, -0.2) is 63.4 Å². The molecule has 3 aromatic rings. The van der Waals surface area contributed by atoms with Crippen molar-refractivity contribution in [3.63, 3.8) is 0 Å². The summed E-state index contributed by atoms with van der Waals surface area (Å²) in [6.07, 6.45) is 3.32. The number of hydrogen-bond donors (Lipinski definition) is 1. The van der Waals surface area contributed by atoms with E-state index in [0.29, 0.717) is 35.6 Å². The lowest BCUT2D eigenvalue weighted by molar-refractivity contribution is -0.116. The molecule has 1 aliphatic rings. The highest BCUT2D eigenvalue weighted by molar-refractivity contribution is 5.78. The van der Waals surface area contributed by atoms with Crippen LogP contribution in [0.3, 0.4) is 0 Å². The largest absolute Gasteiger partial charge is 0.438 e. The second-order valence-corrected chi connectivity index (χ2v) is 8.15. The van der Waals surface area contributed by atoms with E-state index in [1.807, 2.05) is 36.5 Å². The zero-order valence-corrected chi connectivity index (χ0v) is 18.2. The van der Waals surface area contributed by atoms with E-state index < -0.39 is 0 Å². The summed E-state index contributed by atoms with van der Waals surface area (Å²) in [6, 6.07) is 11.7. The summed E-state index contributed by atoms with van der Waals surface area (Å²) in [5.41, 5.74) is 1.62. The molecule has 0 saturated carbocycles. The topological polar surface area (TPSA) is 75.0 Å². The van der Waals surface area contributed by atoms with Crippen LogP contribution in [0.5, 0.6) is 11.6 Å². The zero-order valence-electron chi connectivity index (χ0n) is 18.2. The van der Waals surface area contributed by atoms with E-state index in [0.717, 1.165) is 30.9 Å². The van der Waals surface area contributed by atoms with Gasteiger partial charge in [0, 0.05) is 31.6 Å². The van der Waals surface area contributed by atoms with Crippen molar-refractivity contribution in [1.82, 2.24) is 24.4 Å². The number of carbonyl (C=O) groups excluding carboxylic acids is 1. The van der Waals surface area contributed by atoms with Gasteiger partial charge < -0.3 is 19.9 Å². The fourth-order valence-corrected chi connectivity index (χ4v) is 3.74. The van der Waals surface area contributed by atoms with E-state index in [2.05, 4.69) is 45.9 Å². The molecule has 1 fully saturated rings. The summed E-state index contributed by atoms with van der Waals surface area (Å²) in [6.45, 7) is 7.67. The number of imidazole rings is 1. The van der Waals surface area contributed by atoms with Crippen LogP contribution in [0.15, 0.2) is 55.0 Å². The number of benzene rings is 1. The molecule has 1 N–H and O–H groups in total. The second-order valence-electron chi connectivity index (χ2n) is 8.15. The Morgan fingerprint density at radius 3 is 2.90 bits per heavy atom. The van der Waals surface area contributed by atoms with Gasteiger partial charge >= 0.3 is 0 Å². The number of ketones is 1. The molecule has 0 bridgehead atoms. The highest BCUT2D eigenvalue weighted by Gasteiger charge is 2.25. The van der Waals surface area contributed by atoms with Crippen LogP contribution in [0.1, 0.15) is 18.9 Å². The summed E-state index contributed by atoms with van der Waals surface area (Å²) in [5, 5.41) is 7.79. The van der Waals surface area contributed by atoms with Crippen molar-refractivity contribution in [2.75, 3.05) is 32.5 Å². The first-order valence-corrected chi connectivity index (χ1v) is 10.4. The first-order valence-electron chi connectivity index (χ1n) is 10.4. The Morgan fingerprint density at radius 1 is 1.32 bits per heavy atom. The van der Waals surface area contributed by atoms with Gasteiger partial charge in [-0.05, 0) is 51.2 Å². The number of anilines is 1. The number of hydrogen-bond acceptors (Lipinski definition) is 7. The van der Waals surface area contributed by atoms with Crippen molar-refractivity contribution >= 4 is 17.2 Å². The van der Waals surface area contributed by atoms with E-state index in [1.54, 1.807) is 17.5 Å². The Balaban J connectivity index is 1.44. The summed E-state index contributed by atoms with van der Waals surface area (Å²) in [5.74, 6) is 2.73. The average Bonchev–Trinajstić information content (AvgIpc) is 3.34. The van der Waals surface area contributed by atoms with Crippen molar-refractivity contribution < 1.29 is 9.53 Å². The van der Waals surface area contributed by atoms with E-state index in [9.17, 15) is 4.79 Å². The number of Topliss-reactive ketones (excluding diaryl/α,β-unsaturated/α-hetero) is 1. The second kappa shape index (κ2) is 8.77. The monoisotopic (exact) mass is 420 g/mol. The molecule has 2 aromatic heterocycles. The number of ether oxygens (including phenoxy) is 1. The predicted molar refractivity (Wildman–Crippen MR) is 120 cm³/mol. The van der Waals surface area contributed by atoms with Gasteiger partial charge in [0.2, 0.25) is 5.88 Å². The number of fused-ring (bicyclic) bond motifs is 1. The smallest absolute Gasteiger partial charge is 0.237 e. The maximum atomic E-state index is 11.4. The molecule has 3 heterocycles. The number of aromatic nitrogens is 3. The quantitative estimate of drug-likeness (QED) is 0.600. The maximum absolute atomic E-state index is 11.4. The van der Waals surface area contributed by atoms with E-state index in [4.69, 9.17) is 4.74 Å². The van der Waals surface area contributed by atoms with Gasteiger partial charge in [-0.3, -0.25) is 4.79 Å². The van der Waals surface area contributed by atoms with Crippen molar-refractivity contribution in [2.45, 2.75) is 25.8 Å². The number of likely N-dealkylation sites (N-methyl/N-ethyl adjacent to an activating group) is 1. The number of rotatable bonds is 8. The van der Waals surface area contributed by atoms with Crippen molar-refractivity contribution in [3.05, 3.63) is 60.6 Å². The van der Waals surface area contributed by atoms with Gasteiger partial charge in [-0.25, -0.2) is 9.50 Å². The van der Waals surface area contributed by atoms with E-state index in [1.165, 1.54) is 0 Å². The number of nitrogens with one attached hydrogen (secondary N) is 1. The van der Waals surface area contributed by atoms with Crippen LogP contribution in [0.4, 0.5) is 5.82 Å². The Labute approximate surface area is 182 Å². The highest BCUT2D eigenvalue weighted by atomic mass is 16.5. The third kappa shape index (κ3) is 5.03. The van der Waals surface area contributed by atoms with E-state index >= 15 is 0 Å².